The van der Waals surface area contributed by atoms with Crippen molar-refractivity contribution in [3.8, 4) is 5.75 Å². The number of para-hydroxylation sites is 2. The number of anilines is 3. The number of aromatic nitrogens is 1. The fourth-order valence-electron chi connectivity index (χ4n) is 5.54. The third kappa shape index (κ3) is 6.27. The van der Waals surface area contributed by atoms with Gasteiger partial charge in [-0.05, 0) is 67.6 Å². The minimum atomic E-state index is -0.153. The molecule has 1 N–H and O–H groups in total. The van der Waals surface area contributed by atoms with Crippen LogP contribution in [0.2, 0.25) is 0 Å². The first-order valence-corrected chi connectivity index (χ1v) is 14.0. The second-order valence-electron chi connectivity index (χ2n) is 10.8. The van der Waals surface area contributed by atoms with E-state index in [0.29, 0.717) is 13.1 Å². The molecule has 0 atom stereocenters. The van der Waals surface area contributed by atoms with Gasteiger partial charge >= 0.3 is 0 Å². The molecule has 2 fully saturated rings. The quantitative estimate of drug-likeness (QED) is 0.471. The number of benzene rings is 2. The first-order chi connectivity index (χ1) is 18.9. The second kappa shape index (κ2) is 11.9. The van der Waals surface area contributed by atoms with Crippen molar-refractivity contribution in [2.24, 2.45) is 5.92 Å². The smallest absolute Gasteiger partial charge is 0.224 e. The van der Waals surface area contributed by atoms with Gasteiger partial charge in [0.25, 0.3) is 0 Å². The maximum Gasteiger partial charge on any atom is 0.224 e. The first kappa shape index (κ1) is 26.8. The lowest BCUT2D eigenvalue weighted by Gasteiger charge is -2.36. The minimum Gasteiger partial charge on any atom is -0.495 e. The monoisotopic (exact) mass is 529 g/mol. The lowest BCUT2D eigenvalue weighted by atomic mass is 9.99. The van der Waals surface area contributed by atoms with Crippen LogP contribution in [0.1, 0.15) is 38.2 Å². The molecular formula is C31H39N5O3. The van der Waals surface area contributed by atoms with Crippen molar-refractivity contribution in [2.75, 3.05) is 61.5 Å². The summed E-state index contributed by atoms with van der Waals surface area (Å²) in [5, 5.41) is 4.01. The Morgan fingerprint density at radius 2 is 1.69 bits per heavy atom. The number of piperidine rings is 1. The maximum absolute atomic E-state index is 12.8. The van der Waals surface area contributed by atoms with Gasteiger partial charge in [-0.15, -0.1) is 0 Å². The van der Waals surface area contributed by atoms with Crippen LogP contribution in [0.5, 0.6) is 5.75 Å². The van der Waals surface area contributed by atoms with Crippen LogP contribution in [0.25, 0.3) is 10.9 Å². The van der Waals surface area contributed by atoms with E-state index in [1.807, 2.05) is 47.4 Å². The average molecular weight is 530 g/mol. The molecule has 0 bridgehead atoms. The molecule has 8 heteroatoms. The van der Waals surface area contributed by atoms with E-state index in [2.05, 4.69) is 35.0 Å². The molecule has 3 aromatic rings. The van der Waals surface area contributed by atoms with Crippen LogP contribution in [-0.4, -0.2) is 68.1 Å². The number of pyridine rings is 1. The Hall–Kier alpha value is -3.81. The zero-order valence-corrected chi connectivity index (χ0v) is 23.3. The molecule has 2 amide bonds. The molecule has 0 spiro atoms. The van der Waals surface area contributed by atoms with Gasteiger partial charge in [0.2, 0.25) is 11.8 Å². The molecule has 5 rings (SSSR count). The number of piperazine rings is 1. The van der Waals surface area contributed by atoms with Gasteiger partial charge in [0.1, 0.15) is 11.6 Å². The molecule has 1 aromatic heterocycles. The highest BCUT2D eigenvalue weighted by molar-refractivity contribution is 5.96. The predicted octanol–water partition coefficient (Wildman–Crippen LogP) is 4.86. The van der Waals surface area contributed by atoms with Crippen molar-refractivity contribution in [1.29, 1.82) is 0 Å². The fourth-order valence-corrected chi connectivity index (χ4v) is 5.54. The number of aryl methyl sites for hydroxylation is 1. The number of hydrogen-bond donors (Lipinski definition) is 1. The normalized spacial score (nSPS) is 16.4. The highest BCUT2D eigenvalue weighted by atomic mass is 16.5. The standard InChI is InChI=1S/C31H39N5O3/c1-22-12-14-35(15-13-22)29-20-23(2)25-21-24(8-9-26(25)33-29)32-30(37)10-11-31(38)36-18-16-34(17-19-36)27-6-4-5-7-28(27)39-3/h4-9,20-22H,10-19H2,1-3H3,(H,32,37). The third-order valence-electron chi connectivity index (χ3n) is 8.02. The van der Waals surface area contributed by atoms with Crippen molar-refractivity contribution in [2.45, 2.75) is 39.5 Å². The van der Waals surface area contributed by atoms with Crippen LogP contribution in [-0.2, 0) is 9.59 Å². The molecular weight excluding hydrogens is 490 g/mol. The van der Waals surface area contributed by atoms with Gasteiger partial charge in [-0.1, -0.05) is 19.1 Å². The van der Waals surface area contributed by atoms with Gasteiger partial charge in [-0.25, -0.2) is 4.98 Å². The Balaban J connectivity index is 1.13. The molecule has 206 valence electrons. The van der Waals surface area contributed by atoms with E-state index < -0.39 is 0 Å². The van der Waals surface area contributed by atoms with Crippen molar-refractivity contribution in [1.82, 2.24) is 9.88 Å². The molecule has 8 nitrogen and oxygen atoms in total. The zero-order chi connectivity index (χ0) is 27.4. The summed E-state index contributed by atoms with van der Waals surface area (Å²) in [5.74, 6) is 2.51. The van der Waals surface area contributed by atoms with E-state index in [9.17, 15) is 9.59 Å². The summed E-state index contributed by atoms with van der Waals surface area (Å²) < 4.78 is 5.48. The van der Waals surface area contributed by atoms with Gasteiger partial charge in [0, 0.05) is 63.2 Å². The number of amides is 2. The third-order valence-corrected chi connectivity index (χ3v) is 8.02. The predicted molar refractivity (Wildman–Crippen MR) is 157 cm³/mol. The van der Waals surface area contributed by atoms with Gasteiger partial charge < -0.3 is 24.8 Å². The molecule has 0 unspecified atom stereocenters. The number of nitrogens with zero attached hydrogens (tertiary/aromatic N) is 4. The summed E-state index contributed by atoms with van der Waals surface area (Å²) in [6.07, 6.45) is 2.76. The van der Waals surface area contributed by atoms with Crippen LogP contribution >= 0.6 is 0 Å². The molecule has 2 aliphatic heterocycles. The van der Waals surface area contributed by atoms with Crippen LogP contribution in [0, 0.1) is 12.8 Å². The number of hydrogen-bond acceptors (Lipinski definition) is 6. The van der Waals surface area contributed by atoms with Gasteiger partial charge in [0.15, 0.2) is 0 Å². The number of rotatable bonds is 7. The van der Waals surface area contributed by atoms with Crippen molar-refractivity contribution < 1.29 is 14.3 Å². The number of fused-ring (bicyclic) bond motifs is 1. The maximum atomic E-state index is 12.8. The van der Waals surface area contributed by atoms with Crippen molar-refractivity contribution in [3.05, 3.63) is 54.1 Å². The average Bonchev–Trinajstić information content (AvgIpc) is 2.96. The second-order valence-corrected chi connectivity index (χ2v) is 10.8. The van der Waals surface area contributed by atoms with E-state index >= 15 is 0 Å². The highest BCUT2D eigenvalue weighted by Crippen LogP contribution is 2.29. The van der Waals surface area contributed by atoms with E-state index in [-0.39, 0.29) is 24.7 Å². The summed E-state index contributed by atoms with van der Waals surface area (Å²) in [6.45, 7) is 9.24. The Morgan fingerprint density at radius 3 is 2.44 bits per heavy atom. The first-order valence-electron chi connectivity index (χ1n) is 14.0. The molecule has 0 radical (unpaired) electrons. The van der Waals surface area contributed by atoms with Crippen molar-refractivity contribution in [3.63, 3.8) is 0 Å². The summed E-state index contributed by atoms with van der Waals surface area (Å²) in [4.78, 5) is 36.9. The largest absolute Gasteiger partial charge is 0.495 e. The Labute approximate surface area is 230 Å². The number of nitrogens with one attached hydrogen (secondary N) is 1. The van der Waals surface area contributed by atoms with E-state index in [1.165, 1.54) is 12.8 Å². The van der Waals surface area contributed by atoms with Gasteiger partial charge in [-0.3, -0.25) is 9.59 Å². The Bertz CT molecular complexity index is 1330. The van der Waals surface area contributed by atoms with Crippen LogP contribution in [0.3, 0.4) is 0 Å². The van der Waals surface area contributed by atoms with E-state index in [0.717, 1.165) is 71.5 Å². The van der Waals surface area contributed by atoms with Gasteiger partial charge in [-0.2, -0.15) is 0 Å². The Morgan fingerprint density at radius 1 is 0.949 bits per heavy atom. The SMILES string of the molecule is COc1ccccc1N1CCN(C(=O)CCC(=O)Nc2ccc3nc(N4CCC(C)CC4)cc(C)c3c2)CC1. The minimum absolute atomic E-state index is 0.0167. The molecule has 2 aliphatic rings. The molecule has 3 heterocycles. The molecule has 0 saturated carbocycles. The van der Waals surface area contributed by atoms with E-state index in [4.69, 9.17) is 9.72 Å². The lowest BCUT2D eigenvalue weighted by molar-refractivity contribution is -0.133. The zero-order valence-electron chi connectivity index (χ0n) is 23.3. The van der Waals surface area contributed by atoms with Crippen LogP contribution in [0.4, 0.5) is 17.2 Å². The number of methoxy groups -OCH3 is 1. The van der Waals surface area contributed by atoms with E-state index in [1.54, 1.807) is 7.11 Å². The van der Waals surface area contributed by atoms with Crippen LogP contribution in [0.15, 0.2) is 48.5 Å². The molecule has 2 saturated heterocycles. The highest BCUT2D eigenvalue weighted by Gasteiger charge is 2.23. The summed E-state index contributed by atoms with van der Waals surface area (Å²) in [5.41, 5.74) is 3.86. The molecule has 0 aliphatic carbocycles. The lowest BCUT2D eigenvalue weighted by Crippen LogP contribution is -2.49. The number of ether oxygens (including phenoxy) is 1. The fraction of sp³-hybridized carbons (Fsp3) is 0.452. The molecule has 2 aromatic carbocycles. The van der Waals surface area contributed by atoms with Crippen LogP contribution < -0.4 is 19.9 Å². The van der Waals surface area contributed by atoms with Gasteiger partial charge in [0.05, 0.1) is 18.3 Å². The molecule has 39 heavy (non-hydrogen) atoms. The summed E-state index contributed by atoms with van der Waals surface area (Å²) in [6, 6.07) is 15.9. The van der Waals surface area contributed by atoms with Crippen molar-refractivity contribution >= 4 is 39.9 Å². The summed E-state index contributed by atoms with van der Waals surface area (Å²) >= 11 is 0. The number of carbonyl (C=O) groups excluding carboxylic acids is 2. The summed E-state index contributed by atoms with van der Waals surface area (Å²) in [7, 11) is 1.67. The number of carbonyl (C=O) groups is 2. The Kier molecular flexibility index (Phi) is 8.19. The topological polar surface area (TPSA) is 78.0 Å².